The van der Waals surface area contributed by atoms with E-state index in [-0.39, 0.29) is 5.75 Å². The van der Waals surface area contributed by atoms with E-state index in [1.807, 2.05) is 0 Å². The first-order valence-corrected chi connectivity index (χ1v) is 6.47. The molecule has 7 heteroatoms. The molecule has 0 aliphatic heterocycles. The number of rotatable bonds is 5. The van der Waals surface area contributed by atoms with Crippen molar-refractivity contribution < 1.29 is 23.4 Å². The van der Waals surface area contributed by atoms with Crippen molar-refractivity contribution in [1.29, 1.82) is 0 Å². The Morgan fingerprint density at radius 1 is 1.41 bits per heavy atom. The molecule has 0 saturated carbocycles. The molecule has 0 heterocycles. The number of carboxylic acids is 1. The van der Waals surface area contributed by atoms with Crippen LogP contribution in [0.2, 0.25) is 0 Å². The first kappa shape index (κ1) is 13.3. The lowest BCUT2D eigenvalue weighted by Gasteiger charge is -2.08. The van der Waals surface area contributed by atoms with Crippen LogP contribution in [0.15, 0.2) is 18.2 Å². The Bertz CT molecular complexity index is 523. The second-order valence-electron chi connectivity index (χ2n) is 3.57. The average molecular weight is 259 g/mol. The number of aryl methyl sites for hydroxylation is 1. The number of aliphatic carboxylic acids is 1. The van der Waals surface area contributed by atoms with E-state index in [9.17, 15) is 18.3 Å². The van der Waals surface area contributed by atoms with Gasteiger partial charge in [-0.05, 0) is 30.7 Å². The van der Waals surface area contributed by atoms with Gasteiger partial charge in [0.1, 0.15) is 5.75 Å². The zero-order chi connectivity index (χ0) is 13.1. The number of phenolic OH excluding ortho intramolecular Hbond substituents is 1. The Hall–Kier alpha value is -1.76. The van der Waals surface area contributed by atoms with E-state index in [2.05, 4.69) is 4.72 Å². The minimum Gasteiger partial charge on any atom is -0.508 e. The molecule has 0 spiro atoms. The van der Waals surface area contributed by atoms with Gasteiger partial charge < -0.3 is 10.2 Å². The molecule has 0 radical (unpaired) electrons. The van der Waals surface area contributed by atoms with Crippen LogP contribution in [0.4, 0.5) is 5.69 Å². The van der Waals surface area contributed by atoms with Crippen molar-refractivity contribution >= 4 is 21.7 Å². The summed E-state index contributed by atoms with van der Waals surface area (Å²) in [5.74, 6) is -1.59. The lowest BCUT2D eigenvalue weighted by Crippen LogP contribution is -2.18. The summed E-state index contributed by atoms with van der Waals surface area (Å²) in [6.45, 7) is 1.63. The molecule has 94 valence electrons. The molecule has 0 aliphatic rings. The highest BCUT2D eigenvalue weighted by molar-refractivity contribution is 7.92. The molecular weight excluding hydrogens is 246 g/mol. The minimum absolute atomic E-state index is 0.0680. The topological polar surface area (TPSA) is 104 Å². The number of aromatic hydroxyl groups is 1. The van der Waals surface area contributed by atoms with Crippen molar-refractivity contribution in [3.05, 3.63) is 23.8 Å². The highest BCUT2D eigenvalue weighted by Crippen LogP contribution is 2.20. The van der Waals surface area contributed by atoms with Crippen LogP contribution in [-0.4, -0.2) is 30.4 Å². The lowest BCUT2D eigenvalue weighted by molar-refractivity contribution is -0.136. The fraction of sp³-hybridized carbons (Fsp3) is 0.300. The second kappa shape index (κ2) is 5.05. The average Bonchev–Trinajstić information content (AvgIpc) is 2.21. The van der Waals surface area contributed by atoms with Crippen molar-refractivity contribution in [3.63, 3.8) is 0 Å². The van der Waals surface area contributed by atoms with Crippen molar-refractivity contribution in [2.45, 2.75) is 13.3 Å². The Balaban J connectivity index is 2.76. The molecule has 0 atom stereocenters. The number of hydrogen-bond acceptors (Lipinski definition) is 4. The predicted molar refractivity (Wildman–Crippen MR) is 62.5 cm³/mol. The highest BCUT2D eigenvalue weighted by atomic mass is 32.2. The van der Waals surface area contributed by atoms with Gasteiger partial charge in [0, 0.05) is 5.69 Å². The smallest absolute Gasteiger partial charge is 0.304 e. The molecule has 1 aromatic carbocycles. The first-order valence-electron chi connectivity index (χ1n) is 4.82. The van der Waals surface area contributed by atoms with Gasteiger partial charge in [0.25, 0.3) is 0 Å². The van der Waals surface area contributed by atoms with Crippen LogP contribution in [0.1, 0.15) is 12.0 Å². The normalized spacial score (nSPS) is 11.1. The van der Waals surface area contributed by atoms with Crippen LogP contribution in [0.3, 0.4) is 0 Å². The Morgan fingerprint density at radius 2 is 2.06 bits per heavy atom. The summed E-state index contributed by atoms with van der Waals surface area (Å²) in [4.78, 5) is 10.3. The van der Waals surface area contributed by atoms with E-state index in [1.54, 1.807) is 6.92 Å². The Morgan fingerprint density at radius 3 is 2.59 bits per heavy atom. The zero-order valence-corrected chi connectivity index (χ0v) is 9.99. The highest BCUT2D eigenvalue weighted by Gasteiger charge is 2.13. The Labute approximate surface area is 99.0 Å². The molecule has 1 rings (SSSR count). The van der Waals surface area contributed by atoms with Gasteiger partial charge in [0.05, 0.1) is 12.2 Å². The molecule has 0 saturated heterocycles. The van der Waals surface area contributed by atoms with Gasteiger partial charge >= 0.3 is 5.97 Å². The number of benzene rings is 1. The largest absolute Gasteiger partial charge is 0.508 e. The quantitative estimate of drug-likeness (QED) is 0.682. The maximum absolute atomic E-state index is 11.5. The molecule has 17 heavy (non-hydrogen) atoms. The second-order valence-corrected chi connectivity index (χ2v) is 5.41. The van der Waals surface area contributed by atoms with Gasteiger partial charge in [0.15, 0.2) is 0 Å². The molecule has 0 amide bonds. The van der Waals surface area contributed by atoms with Gasteiger partial charge in [-0.1, -0.05) is 0 Å². The van der Waals surface area contributed by atoms with Crippen molar-refractivity contribution in [2.75, 3.05) is 10.5 Å². The van der Waals surface area contributed by atoms with Crippen LogP contribution in [-0.2, 0) is 14.8 Å². The van der Waals surface area contributed by atoms with Gasteiger partial charge in [-0.15, -0.1) is 0 Å². The molecular formula is C10H13NO5S. The summed E-state index contributed by atoms with van der Waals surface area (Å²) in [6.07, 6.45) is -0.452. The molecule has 0 unspecified atom stereocenters. The molecule has 0 bridgehead atoms. The molecule has 3 N–H and O–H groups in total. The van der Waals surface area contributed by atoms with Crippen LogP contribution in [0.25, 0.3) is 0 Å². The fourth-order valence-corrected chi connectivity index (χ4v) is 2.20. The standard InChI is InChI=1S/C10H13NO5S/c1-7-6-8(2-3-9(7)12)11-17(15,16)5-4-10(13)14/h2-3,6,11-12H,4-5H2,1H3,(H,13,14). The third-order valence-electron chi connectivity index (χ3n) is 2.05. The van der Waals surface area contributed by atoms with Gasteiger partial charge in [-0.3, -0.25) is 9.52 Å². The molecule has 0 aliphatic carbocycles. The minimum atomic E-state index is -3.67. The maximum Gasteiger partial charge on any atom is 0.304 e. The predicted octanol–water partition coefficient (Wildman–Crippen LogP) is 0.917. The number of nitrogens with one attached hydrogen (secondary N) is 1. The van der Waals surface area contributed by atoms with E-state index >= 15 is 0 Å². The van der Waals surface area contributed by atoms with Gasteiger partial charge in [-0.25, -0.2) is 8.42 Å². The summed E-state index contributed by atoms with van der Waals surface area (Å²) >= 11 is 0. The van der Waals surface area contributed by atoms with Crippen molar-refractivity contribution in [3.8, 4) is 5.75 Å². The summed E-state index contributed by atoms with van der Waals surface area (Å²) in [6, 6.07) is 4.23. The monoisotopic (exact) mass is 259 g/mol. The molecule has 0 fully saturated rings. The molecule has 0 aromatic heterocycles. The van der Waals surface area contributed by atoms with Crippen LogP contribution in [0, 0.1) is 6.92 Å². The number of carbonyl (C=O) groups is 1. The van der Waals surface area contributed by atoms with Crippen LogP contribution >= 0.6 is 0 Å². The number of carboxylic acid groups (broad SMARTS) is 1. The van der Waals surface area contributed by atoms with Gasteiger partial charge in [0.2, 0.25) is 10.0 Å². The Kier molecular flexibility index (Phi) is 3.95. The third-order valence-corrected chi connectivity index (χ3v) is 3.34. The van der Waals surface area contributed by atoms with E-state index in [4.69, 9.17) is 5.11 Å². The first-order chi connectivity index (χ1) is 7.80. The van der Waals surface area contributed by atoms with Crippen LogP contribution < -0.4 is 4.72 Å². The number of hydrogen-bond donors (Lipinski definition) is 3. The summed E-state index contributed by atoms with van der Waals surface area (Å²) in [5, 5.41) is 17.7. The van der Waals surface area contributed by atoms with E-state index in [1.165, 1.54) is 18.2 Å². The van der Waals surface area contributed by atoms with E-state index in [0.29, 0.717) is 11.3 Å². The third kappa shape index (κ3) is 4.31. The summed E-state index contributed by atoms with van der Waals surface area (Å²) in [7, 11) is -3.67. The maximum atomic E-state index is 11.5. The zero-order valence-electron chi connectivity index (χ0n) is 9.17. The van der Waals surface area contributed by atoms with Crippen LogP contribution in [0.5, 0.6) is 5.75 Å². The van der Waals surface area contributed by atoms with E-state index < -0.39 is 28.2 Å². The SMILES string of the molecule is Cc1cc(NS(=O)(=O)CCC(=O)O)ccc1O. The summed E-state index contributed by atoms with van der Waals surface area (Å²) in [5.41, 5.74) is 0.828. The van der Waals surface area contributed by atoms with E-state index in [0.717, 1.165) is 0 Å². The number of phenols is 1. The summed E-state index contributed by atoms with van der Waals surface area (Å²) < 4.78 is 25.2. The van der Waals surface area contributed by atoms with Gasteiger partial charge in [-0.2, -0.15) is 0 Å². The molecule has 1 aromatic rings. The van der Waals surface area contributed by atoms with Crippen molar-refractivity contribution in [1.82, 2.24) is 0 Å². The number of sulfonamides is 1. The van der Waals surface area contributed by atoms with Crippen molar-refractivity contribution in [2.24, 2.45) is 0 Å². The molecule has 6 nitrogen and oxygen atoms in total. The number of anilines is 1. The lowest BCUT2D eigenvalue weighted by atomic mass is 10.2. The fourth-order valence-electron chi connectivity index (χ4n) is 1.17.